The summed E-state index contributed by atoms with van der Waals surface area (Å²) in [5, 5.41) is 0. The van der Waals surface area contributed by atoms with Gasteiger partial charge < -0.3 is 9.64 Å². The van der Waals surface area contributed by atoms with E-state index < -0.39 is 17.8 Å². The molecule has 2 heterocycles. The Balaban J connectivity index is 2.06. The van der Waals surface area contributed by atoms with Gasteiger partial charge in [-0.1, -0.05) is 32.0 Å². The molecule has 0 aromatic heterocycles. The van der Waals surface area contributed by atoms with Crippen molar-refractivity contribution in [3.8, 4) is 0 Å². The zero-order chi connectivity index (χ0) is 20.4. The number of benzene rings is 1. The van der Waals surface area contributed by atoms with Gasteiger partial charge in [0.15, 0.2) is 0 Å². The van der Waals surface area contributed by atoms with Crippen molar-refractivity contribution in [3.05, 3.63) is 59.3 Å². The number of hydrogen-bond donors (Lipinski definition) is 0. The van der Waals surface area contributed by atoms with Gasteiger partial charge in [0, 0.05) is 31.0 Å². The molecule has 0 saturated heterocycles. The smallest absolute Gasteiger partial charge is 0.344 e. The van der Waals surface area contributed by atoms with Gasteiger partial charge in [-0.15, -0.1) is 0 Å². The molecule has 1 aromatic carbocycles. The largest absolute Gasteiger partial charge is 0.465 e. The van der Waals surface area contributed by atoms with Crippen molar-refractivity contribution in [2.75, 3.05) is 25.6 Å². The molecule has 3 rings (SSSR count). The maximum atomic E-state index is 12.5. The summed E-state index contributed by atoms with van der Waals surface area (Å²) >= 11 is 0. The molecule has 28 heavy (non-hydrogen) atoms. The predicted octanol–water partition coefficient (Wildman–Crippen LogP) is 2.92. The lowest BCUT2D eigenvalue weighted by molar-refractivity contribution is -0.140. The number of ether oxygens (including phenoxy) is 1. The number of fused-ring (bicyclic) bond motifs is 1. The Morgan fingerprint density at radius 1 is 1.18 bits per heavy atom. The van der Waals surface area contributed by atoms with Gasteiger partial charge in [0.2, 0.25) is 0 Å². The lowest BCUT2D eigenvalue weighted by Crippen LogP contribution is -2.28. The van der Waals surface area contributed by atoms with Gasteiger partial charge in [0.05, 0.1) is 12.7 Å². The molecule has 0 unspecified atom stereocenters. The Morgan fingerprint density at radius 3 is 2.57 bits per heavy atom. The number of nitrogens with zero attached hydrogens (tertiary/aromatic N) is 2. The van der Waals surface area contributed by atoms with Crippen LogP contribution in [0, 0.1) is 5.92 Å². The number of para-hydroxylation sites is 1. The molecule has 6 heteroatoms. The van der Waals surface area contributed by atoms with Gasteiger partial charge in [0.1, 0.15) is 5.57 Å². The van der Waals surface area contributed by atoms with Crippen molar-refractivity contribution >= 4 is 29.0 Å². The number of hydrogen-bond acceptors (Lipinski definition) is 5. The van der Waals surface area contributed by atoms with Crippen LogP contribution >= 0.6 is 0 Å². The number of carbonyl (C=O) groups excluding carboxylic acids is 3. The topological polar surface area (TPSA) is 66.9 Å². The zero-order valence-electron chi connectivity index (χ0n) is 16.6. The Morgan fingerprint density at radius 2 is 1.89 bits per heavy atom. The molecule has 0 fully saturated rings. The average Bonchev–Trinajstić information content (AvgIpc) is 2.90. The van der Waals surface area contributed by atoms with E-state index in [4.69, 9.17) is 4.74 Å². The van der Waals surface area contributed by atoms with Crippen molar-refractivity contribution < 1.29 is 19.1 Å². The minimum absolute atomic E-state index is 0.0597. The minimum atomic E-state index is -0.804. The minimum Gasteiger partial charge on any atom is -0.465 e. The molecule has 0 bridgehead atoms. The van der Waals surface area contributed by atoms with Crippen molar-refractivity contribution in [3.63, 3.8) is 0 Å². The fourth-order valence-corrected chi connectivity index (χ4v) is 3.28. The van der Waals surface area contributed by atoms with Crippen LogP contribution in [0.2, 0.25) is 0 Å². The third-order valence-corrected chi connectivity index (χ3v) is 4.92. The van der Waals surface area contributed by atoms with E-state index in [1.807, 2.05) is 36.5 Å². The standard InChI is InChI=1S/C22H24N2O4/c1-14(2)9-11-24-12-10-15(16-7-5-6-8-18(16)24)13-17-19(22(27)28-4)21(26)23(3)20(17)25/h5-8,10,12-14H,9,11H2,1-4H3/b15-13+. The number of likely N-dealkylation sites (N-methyl/N-ethyl adjacent to an activating group) is 1. The molecule has 2 amide bonds. The molecule has 146 valence electrons. The summed E-state index contributed by atoms with van der Waals surface area (Å²) in [5.41, 5.74) is 2.58. The summed E-state index contributed by atoms with van der Waals surface area (Å²) in [6.07, 6.45) is 6.53. The number of amides is 2. The second-order valence-electron chi connectivity index (χ2n) is 7.26. The Kier molecular flexibility index (Phi) is 5.49. The van der Waals surface area contributed by atoms with Crippen LogP contribution in [0.15, 0.2) is 53.8 Å². The lowest BCUT2D eigenvalue weighted by Gasteiger charge is -2.28. The third kappa shape index (κ3) is 3.50. The monoisotopic (exact) mass is 380 g/mol. The highest BCUT2D eigenvalue weighted by Crippen LogP contribution is 2.35. The summed E-state index contributed by atoms with van der Waals surface area (Å²) in [4.78, 5) is 40.0. The van der Waals surface area contributed by atoms with Crippen molar-refractivity contribution in [1.82, 2.24) is 4.90 Å². The Hall–Kier alpha value is -3.15. The molecule has 0 saturated carbocycles. The van der Waals surface area contributed by atoms with Crippen molar-refractivity contribution in [2.45, 2.75) is 20.3 Å². The molecule has 0 radical (unpaired) electrons. The van der Waals surface area contributed by atoms with Crippen LogP contribution in [0.4, 0.5) is 5.69 Å². The first-order valence-electron chi connectivity index (χ1n) is 9.26. The van der Waals surface area contributed by atoms with Crippen LogP contribution in [0.25, 0.3) is 5.57 Å². The van der Waals surface area contributed by atoms with E-state index >= 15 is 0 Å². The summed E-state index contributed by atoms with van der Waals surface area (Å²) in [6.45, 7) is 5.25. The van der Waals surface area contributed by atoms with E-state index in [0.29, 0.717) is 5.92 Å². The predicted molar refractivity (Wildman–Crippen MR) is 107 cm³/mol. The number of carbonyl (C=O) groups is 3. The van der Waals surface area contributed by atoms with Gasteiger partial charge in [-0.25, -0.2) is 4.79 Å². The highest BCUT2D eigenvalue weighted by Gasteiger charge is 2.39. The van der Waals surface area contributed by atoms with E-state index in [1.54, 1.807) is 6.08 Å². The second-order valence-corrected chi connectivity index (χ2v) is 7.26. The summed E-state index contributed by atoms with van der Waals surface area (Å²) in [5.74, 6) is -1.37. The van der Waals surface area contributed by atoms with Crippen molar-refractivity contribution in [1.29, 1.82) is 0 Å². The van der Waals surface area contributed by atoms with Gasteiger partial charge in [0.25, 0.3) is 11.8 Å². The molecule has 0 atom stereocenters. The van der Waals surface area contributed by atoms with Crippen LogP contribution in [-0.4, -0.2) is 43.4 Å². The van der Waals surface area contributed by atoms with Gasteiger partial charge in [-0.2, -0.15) is 0 Å². The average molecular weight is 380 g/mol. The maximum absolute atomic E-state index is 12.5. The summed E-state index contributed by atoms with van der Waals surface area (Å²) in [6, 6.07) is 7.89. The maximum Gasteiger partial charge on any atom is 0.344 e. The number of esters is 1. The third-order valence-electron chi connectivity index (χ3n) is 4.92. The van der Waals surface area contributed by atoms with E-state index in [1.165, 1.54) is 14.2 Å². The number of rotatable bonds is 5. The normalized spacial score (nSPS) is 17.8. The Labute approximate surface area is 164 Å². The SMILES string of the molecule is COC(=O)C1=C(/C=C2\C=CN(CCC(C)C)c3ccccc32)C(=O)N(C)C1=O. The first-order chi connectivity index (χ1) is 13.3. The number of imide groups is 1. The van der Waals surface area contributed by atoms with Crippen LogP contribution in [0.5, 0.6) is 0 Å². The summed E-state index contributed by atoms with van der Waals surface area (Å²) in [7, 11) is 2.55. The summed E-state index contributed by atoms with van der Waals surface area (Å²) < 4.78 is 4.71. The van der Waals surface area contributed by atoms with E-state index in [-0.39, 0.29) is 11.1 Å². The van der Waals surface area contributed by atoms with Gasteiger partial charge in [-0.3, -0.25) is 14.5 Å². The van der Waals surface area contributed by atoms with Crippen LogP contribution in [0.1, 0.15) is 25.8 Å². The lowest BCUT2D eigenvalue weighted by atomic mass is 9.96. The second kappa shape index (κ2) is 7.84. The molecule has 0 spiro atoms. The number of anilines is 1. The molecule has 2 aliphatic heterocycles. The first kappa shape index (κ1) is 19.6. The fourth-order valence-electron chi connectivity index (χ4n) is 3.28. The van der Waals surface area contributed by atoms with Crippen LogP contribution < -0.4 is 4.90 Å². The highest BCUT2D eigenvalue weighted by atomic mass is 16.5. The molecule has 0 N–H and O–H groups in total. The molecule has 6 nitrogen and oxygen atoms in total. The molecule has 2 aliphatic rings. The van der Waals surface area contributed by atoms with Crippen LogP contribution in [-0.2, 0) is 19.1 Å². The molecular weight excluding hydrogens is 356 g/mol. The van der Waals surface area contributed by atoms with Gasteiger partial charge in [-0.05, 0) is 36.1 Å². The van der Waals surface area contributed by atoms with E-state index in [2.05, 4.69) is 18.7 Å². The molecule has 0 aliphatic carbocycles. The molecule has 1 aromatic rings. The van der Waals surface area contributed by atoms with E-state index in [9.17, 15) is 14.4 Å². The van der Waals surface area contributed by atoms with Gasteiger partial charge >= 0.3 is 5.97 Å². The Bertz CT molecular complexity index is 924. The van der Waals surface area contributed by atoms with Crippen LogP contribution in [0.3, 0.4) is 0 Å². The quantitative estimate of drug-likeness (QED) is 0.446. The highest BCUT2D eigenvalue weighted by molar-refractivity contribution is 6.31. The fraction of sp³-hybridized carbons (Fsp3) is 0.318. The van der Waals surface area contributed by atoms with Crippen molar-refractivity contribution in [2.24, 2.45) is 5.92 Å². The molecular formula is C22H24N2O4. The number of allylic oxidation sites excluding steroid dienone is 2. The zero-order valence-corrected chi connectivity index (χ0v) is 16.6. The number of methoxy groups -OCH3 is 1. The van der Waals surface area contributed by atoms with E-state index in [0.717, 1.165) is 34.7 Å². The first-order valence-corrected chi connectivity index (χ1v) is 9.26.